The molecule has 0 N–H and O–H groups in total. The van der Waals surface area contributed by atoms with Crippen LogP contribution in [0, 0.1) is 6.92 Å². The average Bonchev–Trinajstić information content (AvgIpc) is 2.17. The third kappa shape index (κ3) is 2.80. The summed E-state index contributed by atoms with van der Waals surface area (Å²) >= 11 is 3.29. The summed E-state index contributed by atoms with van der Waals surface area (Å²) in [4.78, 5) is 17.5. The zero-order valence-corrected chi connectivity index (χ0v) is 9.91. The van der Waals surface area contributed by atoms with Crippen LogP contribution in [0.25, 0.3) is 0 Å². The molecule has 0 saturated carbocycles. The number of rotatable bonds is 3. The molecule has 0 aliphatic heterocycles. The molecule has 3 nitrogen and oxygen atoms in total. The molecule has 0 atom stereocenters. The maximum atomic E-state index is 11.7. The van der Waals surface area contributed by atoms with E-state index < -0.39 is 0 Å². The third-order valence-corrected chi connectivity index (χ3v) is 2.23. The highest BCUT2D eigenvalue weighted by Gasteiger charge is 2.11. The Hall–Kier alpha value is -0.900. The molecule has 0 saturated heterocycles. The number of carbonyl (C=O) groups excluding carboxylic acids is 1. The van der Waals surface area contributed by atoms with E-state index in [1.54, 1.807) is 18.0 Å². The van der Waals surface area contributed by atoms with E-state index in [4.69, 9.17) is 0 Å². The van der Waals surface area contributed by atoms with Gasteiger partial charge in [0.15, 0.2) is 0 Å². The van der Waals surface area contributed by atoms with Crippen molar-refractivity contribution in [2.75, 3.05) is 18.9 Å². The Kier molecular flexibility index (Phi) is 4.07. The normalized spacial score (nSPS) is 9.93. The molecular formula is C10H13BrN2O. The van der Waals surface area contributed by atoms with Gasteiger partial charge < -0.3 is 4.90 Å². The van der Waals surface area contributed by atoms with Gasteiger partial charge in [0.2, 0.25) is 0 Å². The van der Waals surface area contributed by atoms with Crippen LogP contribution in [0.4, 0.5) is 0 Å². The Bertz CT molecular complexity index is 328. The molecule has 4 heteroatoms. The molecule has 0 aliphatic rings. The summed E-state index contributed by atoms with van der Waals surface area (Å²) in [5, 5.41) is 0.779. The van der Waals surface area contributed by atoms with E-state index >= 15 is 0 Å². The number of aryl methyl sites for hydroxylation is 1. The summed E-state index contributed by atoms with van der Waals surface area (Å²) in [6.07, 6.45) is 0. The van der Waals surface area contributed by atoms with Crippen molar-refractivity contribution >= 4 is 21.8 Å². The molecule has 0 bridgehead atoms. The summed E-state index contributed by atoms with van der Waals surface area (Å²) in [7, 11) is 1.77. The van der Waals surface area contributed by atoms with Gasteiger partial charge in [0, 0.05) is 24.6 Å². The van der Waals surface area contributed by atoms with Gasteiger partial charge in [-0.05, 0) is 19.1 Å². The first-order valence-electron chi connectivity index (χ1n) is 4.40. The topological polar surface area (TPSA) is 33.2 Å². The maximum absolute atomic E-state index is 11.7. The van der Waals surface area contributed by atoms with E-state index in [-0.39, 0.29) is 5.91 Å². The third-order valence-electron chi connectivity index (χ3n) is 1.87. The highest BCUT2D eigenvalue weighted by Crippen LogP contribution is 2.02. The number of nitrogens with zero attached hydrogens (tertiary/aromatic N) is 2. The molecule has 1 aromatic rings. The Labute approximate surface area is 92.3 Å². The summed E-state index contributed by atoms with van der Waals surface area (Å²) in [6, 6.07) is 5.46. The minimum absolute atomic E-state index is 0.0341. The van der Waals surface area contributed by atoms with Crippen molar-refractivity contribution in [3.63, 3.8) is 0 Å². The molecule has 0 aliphatic carbocycles. The number of halogens is 1. The van der Waals surface area contributed by atoms with Gasteiger partial charge in [-0.15, -0.1) is 0 Å². The van der Waals surface area contributed by atoms with Crippen molar-refractivity contribution in [3.8, 4) is 0 Å². The molecule has 0 aromatic carbocycles. The highest BCUT2D eigenvalue weighted by molar-refractivity contribution is 9.09. The monoisotopic (exact) mass is 256 g/mol. The van der Waals surface area contributed by atoms with Crippen LogP contribution in [0.3, 0.4) is 0 Å². The van der Waals surface area contributed by atoms with Crippen molar-refractivity contribution in [1.82, 2.24) is 9.88 Å². The highest BCUT2D eigenvalue weighted by atomic mass is 79.9. The second-order valence-electron chi connectivity index (χ2n) is 3.08. The Morgan fingerprint density at radius 1 is 1.57 bits per heavy atom. The predicted octanol–water partition coefficient (Wildman–Crippen LogP) is 1.86. The van der Waals surface area contributed by atoms with Crippen molar-refractivity contribution < 1.29 is 4.79 Å². The van der Waals surface area contributed by atoms with Crippen molar-refractivity contribution in [2.45, 2.75) is 6.92 Å². The van der Waals surface area contributed by atoms with Crippen molar-refractivity contribution in [3.05, 3.63) is 29.6 Å². The number of amides is 1. The first kappa shape index (κ1) is 11.2. The zero-order valence-electron chi connectivity index (χ0n) is 8.33. The van der Waals surface area contributed by atoms with Gasteiger partial charge in [-0.2, -0.15) is 0 Å². The lowest BCUT2D eigenvalue weighted by Gasteiger charge is -2.14. The Morgan fingerprint density at radius 2 is 2.29 bits per heavy atom. The number of pyridine rings is 1. The van der Waals surface area contributed by atoms with Gasteiger partial charge in [0.1, 0.15) is 5.69 Å². The van der Waals surface area contributed by atoms with E-state index in [9.17, 15) is 4.79 Å². The van der Waals surface area contributed by atoms with Crippen LogP contribution in [0.15, 0.2) is 18.2 Å². The van der Waals surface area contributed by atoms with E-state index in [0.717, 1.165) is 11.0 Å². The Balaban J connectivity index is 2.78. The molecule has 0 unspecified atom stereocenters. The average molecular weight is 257 g/mol. The maximum Gasteiger partial charge on any atom is 0.272 e. The quantitative estimate of drug-likeness (QED) is 0.774. The van der Waals surface area contributed by atoms with Crippen LogP contribution in [-0.2, 0) is 0 Å². The van der Waals surface area contributed by atoms with Crippen molar-refractivity contribution in [1.29, 1.82) is 0 Å². The number of aromatic nitrogens is 1. The minimum Gasteiger partial charge on any atom is -0.340 e. The van der Waals surface area contributed by atoms with E-state index in [0.29, 0.717) is 12.2 Å². The van der Waals surface area contributed by atoms with E-state index in [1.165, 1.54) is 0 Å². The second-order valence-corrected chi connectivity index (χ2v) is 3.87. The van der Waals surface area contributed by atoms with Gasteiger partial charge >= 0.3 is 0 Å². The second kappa shape index (κ2) is 5.10. The largest absolute Gasteiger partial charge is 0.340 e. The molecule has 0 fully saturated rings. The van der Waals surface area contributed by atoms with Crippen LogP contribution in [-0.4, -0.2) is 34.7 Å². The van der Waals surface area contributed by atoms with Crippen LogP contribution >= 0.6 is 15.9 Å². The van der Waals surface area contributed by atoms with Crippen LogP contribution in [0.5, 0.6) is 0 Å². The van der Waals surface area contributed by atoms with Crippen molar-refractivity contribution in [2.24, 2.45) is 0 Å². The van der Waals surface area contributed by atoms with Crippen LogP contribution in [0.1, 0.15) is 16.2 Å². The Morgan fingerprint density at radius 3 is 2.86 bits per heavy atom. The lowest BCUT2D eigenvalue weighted by Crippen LogP contribution is -2.29. The van der Waals surface area contributed by atoms with Gasteiger partial charge in [-0.3, -0.25) is 4.79 Å². The van der Waals surface area contributed by atoms with Gasteiger partial charge in [0.05, 0.1) is 0 Å². The zero-order chi connectivity index (χ0) is 10.6. The van der Waals surface area contributed by atoms with Gasteiger partial charge in [0.25, 0.3) is 5.91 Å². The summed E-state index contributed by atoms with van der Waals surface area (Å²) in [6.45, 7) is 2.57. The first-order chi connectivity index (χ1) is 6.65. The predicted molar refractivity (Wildman–Crippen MR) is 59.7 cm³/mol. The smallest absolute Gasteiger partial charge is 0.272 e. The SMILES string of the molecule is Cc1cccc(C(=O)N(C)CCBr)n1. The van der Waals surface area contributed by atoms with Gasteiger partial charge in [-0.1, -0.05) is 22.0 Å². The first-order valence-corrected chi connectivity index (χ1v) is 5.52. The molecule has 76 valence electrons. The molecule has 14 heavy (non-hydrogen) atoms. The van der Waals surface area contributed by atoms with E-state index in [2.05, 4.69) is 20.9 Å². The van der Waals surface area contributed by atoms with Crippen LogP contribution in [0.2, 0.25) is 0 Å². The molecule has 0 radical (unpaired) electrons. The lowest BCUT2D eigenvalue weighted by atomic mass is 10.3. The number of hydrogen-bond donors (Lipinski definition) is 0. The molecular weight excluding hydrogens is 244 g/mol. The minimum atomic E-state index is -0.0341. The van der Waals surface area contributed by atoms with Crippen LogP contribution < -0.4 is 0 Å². The summed E-state index contributed by atoms with van der Waals surface area (Å²) in [5.41, 5.74) is 1.37. The molecule has 1 heterocycles. The lowest BCUT2D eigenvalue weighted by molar-refractivity contribution is 0.0798. The molecule has 1 aromatic heterocycles. The fourth-order valence-electron chi connectivity index (χ4n) is 1.09. The summed E-state index contributed by atoms with van der Waals surface area (Å²) in [5.74, 6) is -0.0341. The van der Waals surface area contributed by atoms with E-state index in [1.807, 2.05) is 19.1 Å². The molecule has 1 rings (SSSR count). The molecule has 0 spiro atoms. The summed E-state index contributed by atoms with van der Waals surface area (Å²) < 4.78 is 0. The number of carbonyl (C=O) groups is 1. The number of alkyl halides is 1. The fraction of sp³-hybridized carbons (Fsp3) is 0.400. The number of hydrogen-bond acceptors (Lipinski definition) is 2. The fourth-order valence-corrected chi connectivity index (χ4v) is 1.62. The molecule has 1 amide bonds. The van der Waals surface area contributed by atoms with Gasteiger partial charge in [-0.25, -0.2) is 4.98 Å². The standard InChI is InChI=1S/C10H13BrN2O/c1-8-4-3-5-9(12-8)10(14)13(2)7-6-11/h3-5H,6-7H2,1-2H3.